The van der Waals surface area contributed by atoms with E-state index in [0.717, 1.165) is 30.9 Å². The van der Waals surface area contributed by atoms with E-state index in [1.807, 2.05) is 40.6 Å². The summed E-state index contributed by atoms with van der Waals surface area (Å²) in [6.07, 6.45) is 1.82. The van der Waals surface area contributed by atoms with Crippen molar-refractivity contribution < 1.29 is 9.53 Å². The number of thiophene rings is 1. The molecular weight excluding hydrogens is 282 g/mol. The van der Waals surface area contributed by atoms with Crippen LogP contribution in [0.2, 0.25) is 0 Å². The van der Waals surface area contributed by atoms with E-state index in [9.17, 15) is 4.79 Å². The average Bonchev–Trinajstić information content (AvgIpc) is 3.22. The smallest absolute Gasteiger partial charge is 0.264 e. The lowest BCUT2D eigenvalue weighted by molar-refractivity contribution is 0.0661. The minimum absolute atomic E-state index is 0.136. The maximum Gasteiger partial charge on any atom is 0.264 e. The zero-order valence-corrected chi connectivity index (χ0v) is 12.7. The summed E-state index contributed by atoms with van der Waals surface area (Å²) in [5.74, 6) is 0.136. The van der Waals surface area contributed by atoms with Crippen molar-refractivity contribution in [1.29, 1.82) is 0 Å². The molecule has 2 aromatic rings. The SMILES string of the molecule is O=C(c1cccs1)N(CCc1ccccc1)C1CCOC1. The van der Waals surface area contributed by atoms with Crippen LogP contribution < -0.4 is 0 Å². The molecule has 1 amide bonds. The molecule has 1 unspecified atom stereocenters. The highest BCUT2D eigenvalue weighted by Crippen LogP contribution is 2.19. The molecule has 3 rings (SSSR count). The summed E-state index contributed by atoms with van der Waals surface area (Å²) in [6.45, 7) is 2.16. The van der Waals surface area contributed by atoms with Gasteiger partial charge in [-0.05, 0) is 29.9 Å². The first-order valence-electron chi connectivity index (χ1n) is 7.31. The molecule has 3 nitrogen and oxygen atoms in total. The molecule has 0 saturated carbocycles. The van der Waals surface area contributed by atoms with Crippen molar-refractivity contribution in [2.24, 2.45) is 0 Å². The molecule has 0 radical (unpaired) electrons. The molecule has 2 heterocycles. The van der Waals surface area contributed by atoms with E-state index >= 15 is 0 Å². The van der Waals surface area contributed by atoms with E-state index in [4.69, 9.17) is 4.74 Å². The molecule has 1 aromatic carbocycles. The Labute approximate surface area is 129 Å². The van der Waals surface area contributed by atoms with Gasteiger partial charge in [0.25, 0.3) is 5.91 Å². The van der Waals surface area contributed by atoms with Crippen molar-refractivity contribution in [2.45, 2.75) is 18.9 Å². The van der Waals surface area contributed by atoms with Crippen molar-refractivity contribution in [3.05, 3.63) is 58.3 Å². The molecule has 4 heteroatoms. The van der Waals surface area contributed by atoms with Crippen LogP contribution in [-0.2, 0) is 11.2 Å². The van der Waals surface area contributed by atoms with Crippen molar-refractivity contribution in [3.8, 4) is 0 Å². The average molecular weight is 301 g/mol. The molecule has 1 atom stereocenters. The van der Waals surface area contributed by atoms with Gasteiger partial charge in [0.05, 0.1) is 17.5 Å². The highest BCUT2D eigenvalue weighted by Gasteiger charge is 2.28. The number of amides is 1. The number of carbonyl (C=O) groups is 1. The molecular formula is C17H19NO2S. The van der Waals surface area contributed by atoms with E-state index in [1.54, 1.807) is 0 Å². The maximum absolute atomic E-state index is 12.7. The van der Waals surface area contributed by atoms with Gasteiger partial charge >= 0.3 is 0 Å². The lowest BCUT2D eigenvalue weighted by Crippen LogP contribution is -2.41. The Morgan fingerprint density at radius 1 is 1.24 bits per heavy atom. The standard InChI is InChI=1S/C17H19NO2S/c19-17(16-7-4-12-21-16)18(15-9-11-20-13-15)10-8-14-5-2-1-3-6-14/h1-7,12,15H,8-11,13H2. The summed E-state index contributed by atoms with van der Waals surface area (Å²) in [5, 5.41) is 1.95. The van der Waals surface area contributed by atoms with Crippen LogP contribution in [0.5, 0.6) is 0 Å². The van der Waals surface area contributed by atoms with Crippen LogP contribution in [0.3, 0.4) is 0 Å². The predicted octanol–water partition coefficient (Wildman–Crippen LogP) is 3.22. The number of nitrogens with zero attached hydrogens (tertiary/aromatic N) is 1. The maximum atomic E-state index is 12.7. The van der Waals surface area contributed by atoms with Crippen LogP contribution >= 0.6 is 11.3 Å². The topological polar surface area (TPSA) is 29.5 Å². The molecule has 0 aliphatic carbocycles. The van der Waals surface area contributed by atoms with Crippen LogP contribution in [0.15, 0.2) is 47.8 Å². The van der Waals surface area contributed by atoms with Gasteiger partial charge in [-0.25, -0.2) is 0 Å². The van der Waals surface area contributed by atoms with Gasteiger partial charge in [-0.3, -0.25) is 4.79 Å². The highest BCUT2D eigenvalue weighted by atomic mass is 32.1. The van der Waals surface area contributed by atoms with Gasteiger partial charge in [-0.15, -0.1) is 11.3 Å². The second-order valence-corrected chi connectivity index (χ2v) is 6.18. The van der Waals surface area contributed by atoms with Gasteiger partial charge in [0.1, 0.15) is 0 Å². The Hall–Kier alpha value is -1.65. The van der Waals surface area contributed by atoms with Gasteiger partial charge < -0.3 is 9.64 Å². The number of ether oxygens (including phenoxy) is 1. The molecule has 110 valence electrons. The molecule has 0 N–H and O–H groups in total. The number of hydrogen-bond donors (Lipinski definition) is 0. The first-order chi connectivity index (χ1) is 10.3. The third-order valence-corrected chi connectivity index (χ3v) is 4.68. The van der Waals surface area contributed by atoms with Crippen LogP contribution in [0.25, 0.3) is 0 Å². The Morgan fingerprint density at radius 2 is 2.10 bits per heavy atom. The molecule has 21 heavy (non-hydrogen) atoms. The number of rotatable bonds is 5. The fourth-order valence-electron chi connectivity index (χ4n) is 2.65. The van der Waals surface area contributed by atoms with E-state index in [1.165, 1.54) is 16.9 Å². The van der Waals surface area contributed by atoms with Gasteiger partial charge in [0.2, 0.25) is 0 Å². The van der Waals surface area contributed by atoms with E-state index in [-0.39, 0.29) is 11.9 Å². The molecule has 1 aliphatic rings. The largest absolute Gasteiger partial charge is 0.379 e. The van der Waals surface area contributed by atoms with Crippen LogP contribution in [0.1, 0.15) is 21.7 Å². The van der Waals surface area contributed by atoms with Gasteiger partial charge in [0.15, 0.2) is 0 Å². The van der Waals surface area contributed by atoms with Crippen molar-refractivity contribution in [2.75, 3.05) is 19.8 Å². The summed E-state index contributed by atoms with van der Waals surface area (Å²) in [5.41, 5.74) is 1.26. The van der Waals surface area contributed by atoms with Crippen LogP contribution in [0.4, 0.5) is 0 Å². The lowest BCUT2D eigenvalue weighted by Gasteiger charge is -2.27. The first kappa shape index (κ1) is 14.3. The Bertz CT molecular complexity index is 562. The third-order valence-electron chi connectivity index (χ3n) is 3.82. The third kappa shape index (κ3) is 3.52. The zero-order chi connectivity index (χ0) is 14.5. The Balaban J connectivity index is 1.71. The fraction of sp³-hybridized carbons (Fsp3) is 0.353. The number of carbonyl (C=O) groups excluding carboxylic acids is 1. The summed E-state index contributed by atoms with van der Waals surface area (Å²) in [7, 11) is 0. The number of hydrogen-bond acceptors (Lipinski definition) is 3. The highest BCUT2D eigenvalue weighted by molar-refractivity contribution is 7.12. The Kier molecular flexibility index (Phi) is 4.68. The van der Waals surface area contributed by atoms with E-state index < -0.39 is 0 Å². The van der Waals surface area contributed by atoms with Gasteiger partial charge in [-0.2, -0.15) is 0 Å². The van der Waals surface area contributed by atoms with Crippen molar-refractivity contribution in [3.63, 3.8) is 0 Å². The normalized spacial score (nSPS) is 17.8. The molecule has 1 saturated heterocycles. The zero-order valence-electron chi connectivity index (χ0n) is 11.9. The van der Waals surface area contributed by atoms with Crippen molar-refractivity contribution in [1.82, 2.24) is 4.90 Å². The second kappa shape index (κ2) is 6.87. The molecule has 1 aliphatic heterocycles. The fourth-order valence-corrected chi connectivity index (χ4v) is 3.33. The van der Waals surface area contributed by atoms with E-state index in [0.29, 0.717) is 6.61 Å². The summed E-state index contributed by atoms with van der Waals surface area (Å²) in [4.78, 5) is 15.5. The molecule has 0 bridgehead atoms. The van der Waals surface area contributed by atoms with E-state index in [2.05, 4.69) is 12.1 Å². The predicted molar refractivity (Wildman–Crippen MR) is 84.7 cm³/mol. The first-order valence-corrected chi connectivity index (χ1v) is 8.19. The molecule has 0 spiro atoms. The summed E-state index contributed by atoms with van der Waals surface area (Å²) in [6, 6.07) is 14.4. The van der Waals surface area contributed by atoms with Gasteiger partial charge in [-0.1, -0.05) is 36.4 Å². The summed E-state index contributed by atoms with van der Waals surface area (Å²) < 4.78 is 5.47. The Morgan fingerprint density at radius 3 is 2.76 bits per heavy atom. The lowest BCUT2D eigenvalue weighted by atomic mass is 10.1. The minimum atomic E-state index is 0.136. The number of benzene rings is 1. The van der Waals surface area contributed by atoms with Crippen molar-refractivity contribution >= 4 is 17.2 Å². The minimum Gasteiger partial charge on any atom is -0.379 e. The van der Waals surface area contributed by atoms with Crippen LogP contribution in [0, 0.1) is 0 Å². The molecule has 1 aromatic heterocycles. The molecule has 1 fully saturated rings. The second-order valence-electron chi connectivity index (χ2n) is 5.23. The summed E-state index contributed by atoms with van der Waals surface area (Å²) >= 11 is 1.51. The quantitative estimate of drug-likeness (QED) is 0.848. The van der Waals surface area contributed by atoms with Crippen LogP contribution in [-0.4, -0.2) is 36.6 Å². The monoisotopic (exact) mass is 301 g/mol. The van der Waals surface area contributed by atoms with Gasteiger partial charge in [0, 0.05) is 13.2 Å².